The predicted molar refractivity (Wildman–Crippen MR) is 105 cm³/mol. The molecular weight excluding hydrogens is 394 g/mol. The third-order valence-electron chi connectivity index (χ3n) is 4.07. The average Bonchev–Trinajstić information content (AvgIpc) is 3.03. The molecule has 0 aliphatic carbocycles. The molecular formula is C21H14BrNO3. The van der Waals surface area contributed by atoms with Gasteiger partial charge in [-0.3, -0.25) is 4.79 Å². The molecule has 1 heterocycles. The first-order valence-corrected chi connectivity index (χ1v) is 8.79. The number of fused-ring (bicyclic) bond motifs is 1. The Bertz CT molecular complexity index is 1090. The molecule has 4 rings (SSSR count). The molecule has 128 valence electrons. The first-order chi connectivity index (χ1) is 12.6. The fourth-order valence-corrected chi connectivity index (χ4v) is 3.09. The van der Waals surface area contributed by atoms with Gasteiger partial charge in [0.1, 0.15) is 11.3 Å². The number of carbonyl (C=O) groups is 1. The van der Waals surface area contributed by atoms with Gasteiger partial charge in [-0.05, 0) is 36.4 Å². The highest BCUT2D eigenvalue weighted by atomic mass is 79.9. The van der Waals surface area contributed by atoms with Gasteiger partial charge in [-0.2, -0.15) is 0 Å². The van der Waals surface area contributed by atoms with Gasteiger partial charge in [0.25, 0.3) is 5.91 Å². The lowest BCUT2D eigenvalue weighted by Gasteiger charge is -2.07. The van der Waals surface area contributed by atoms with Crippen LogP contribution in [-0.2, 0) is 0 Å². The van der Waals surface area contributed by atoms with E-state index in [4.69, 9.17) is 4.42 Å². The number of anilines is 1. The minimum Gasteiger partial charge on any atom is -0.507 e. The molecule has 26 heavy (non-hydrogen) atoms. The maximum absolute atomic E-state index is 12.7. The van der Waals surface area contributed by atoms with Gasteiger partial charge in [0.15, 0.2) is 5.76 Å². The minimum atomic E-state index is -0.269. The van der Waals surface area contributed by atoms with Gasteiger partial charge in [-0.25, -0.2) is 0 Å². The Labute approximate surface area is 158 Å². The lowest BCUT2D eigenvalue weighted by Crippen LogP contribution is -2.11. The summed E-state index contributed by atoms with van der Waals surface area (Å²) in [4.78, 5) is 12.7. The third kappa shape index (κ3) is 2.97. The summed E-state index contributed by atoms with van der Waals surface area (Å²) in [6.07, 6.45) is 0. The van der Waals surface area contributed by atoms with Crippen molar-refractivity contribution in [2.45, 2.75) is 0 Å². The highest BCUT2D eigenvalue weighted by molar-refractivity contribution is 9.10. The van der Waals surface area contributed by atoms with Crippen molar-refractivity contribution >= 4 is 38.5 Å². The number of carbonyl (C=O) groups excluding carboxylic acids is 1. The zero-order chi connectivity index (χ0) is 18.1. The van der Waals surface area contributed by atoms with E-state index >= 15 is 0 Å². The Hall–Kier alpha value is -3.05. The molecule has 4 aromatic rings. The van der Waals surface area contributed by atoms with E-state index in [1.54, 1.807) is 42.5 Å². The Morgan fingerprint density at radius 2 is 1.65 bits per heavy atom. The fourth-order valence-electron chi connectivity index (χ4n) is 2.83. The molecule has 0 unspecified atom stereocenters. The number of nitrogens with one attached hydrogen (secondary N) is 1. The lowest BCUT2D eigenvalue weighted by atomic mass is 10.1. The quantitative estimate of drug-likeness (QED) is 0.449. The van der Waals surface area contributed by atoms with Gasteiger partial charge >= 0.3 is 0 Å². The molecule has 0 aliphatic heterocycles. The molecule has 3 aromatic carbocycles. The summed E-state index contributed by atoms with van der Waals surface area (Å²) < 4.78 is 6.89. The van der Waals surface area contributed by atoms with E-state index in [0.29, 0.717) is 28.0 Å². The van der Waals surface area contributed by atoms with E-state index in [2.05, 4.69) is 21.2 Å². The van der Waals surface area contributed by atoms with Crippen molar-refractivity contribution in [3.8, 4) is 17.1 Å². The first-order valence-electron chi connectivity index (χ1n) is 8.00. The van der Waals surface area contributed by atoms with Gasteiger partial charge in [0, 0.05) is 15.6 Å². The van der Waals surface area contributed by atoms with Crippen LogP contribution < -0.4 is 5.32 Å². The molecule has 4 nitrogen and oxygen atoms in total. The van der Waals surface area contributed by atoms with Crippen molar-refractivity contribution in [2.75, 3.05) is 5.32 Å². The van der Waals surface area contributed by atoms with Crippen LogP contribution in [0.1, 0.15) is 10.4 Å². The molecule has 0 spiro atoms. The van der Waals surface area contributed by atoms with Gasteiger partial charge in [-0.15, -0.1) is 0 Å². The predicted octanol–water partition coefficient (Wildman–Crippen LogP) is 5.82. The Balaban J connectivity index is 1.87. The zero-order valence-corrected chi connectivity index (χ0v) is 15.2. The highest BCUT2D eigenvalue weighted by Crippen LogP contribution is 2.42. The molecule has 1 aromatic heterocycles. The number of rotatable bonds is 3. The Morgan fingerprint density at radius 1 is 0.923 bits per heavy atom. The second kappa shape index (κ2) is 6.69. The molecule has 0 saturated heterocycles. The summed E-state index contributed by atoms with van der Waals surface area (Å²) in [6, 6.07) is 21.5. The summed E-state index contributed by atoms with van der Waals surface area (Å²) in [6.45, 7) is 0. The summed E-state index contributed by atoms with van der Waals surface area (Å²) in [7, 11) is 0. The zero-order valence-electron chi connectivity index (χ0n) is 13.6. The molecule has 5 heteroatoms. The monoisotopic (exact) mass is 407 g/mol. The normalized spacial score (nSPS) is 10.8. The van der Waals surface area contributed by atoms with Crippen molar-refractivity contribution in [1.82, 2.24) is 0 Å². The molecule has 0 fully saturated rings. The molecule has 0 atom stereocenters. The molecule has 0 saturated carbocycles. The van der Waals surface area contributed by atoms with Crippen LogP contribution in [0.3, 0.4) is 0 Å². The van der Waals surface area contributed by atoms with Crippen molar-refractivity contribution in [2.24, 2.45) is 0 Å². The van der Waals surface area contributed by atoms with Crippen LogP contribution in [-0.4, -0.2) is 11.0 Å². The van der Waals surface area contributed by atoms with E-state index in [9.17, 15) is 9.90 Å². The number of phenols is 1. The van der Waals surface area contributed by atoms with Crippen LogP contribution in [0.4, 0.5) is 5.69 Å². The Kier molecular flexibility index (Phi) is 4.22. The van der Waals surface area contributed by atoms with Crippen LogP contribution in [0.2, 0.25) is 0 Å². The maximum atomic E-state index is 12.7. The van der Waals surface area contributed by atoms with Gasteiger partial charge < -0.3 is 14.8 Å². The molecule has 1 amide bonds. The largest absolute Gasteiger partial charge is 0.507 e. The van der Waals surface area contributed by atoms with E-state index in [0.717, 1.165) is 10.0 Å². The maximum Gasteiger partial charge on any atom is 0.255 e. The second-order valence-electron chi connectivity index (χ2n) is 5.78. The SMILES string of the molecule is O=C(Nc1c(-c2ccc(Br)cc2)oc2cccc(O)c12)c1ccccc1. The highest BCUT2D eigenvalue weighted by Gasteiger charge is 2.21. The summed E-state index contributed by atoms with van der Waals surface area (Å²) >= 11 is 3.41. The number of halogens is 1. The van der Waals surface area contributed by atoms with E-state index in [-0.39, 0.29) is 11.7 Å². The van der Waals surface area contributed by atoms with Gasteiger partial charge in [0.05, 0.1) is 11.1 Å². The summed E-state index contributed by atoms with van der Waals surface area (Å²) in [5.74, 6) is 0.283. The summed E-state index contributed by atoms with van der Waals surface area (Å²) in [5.41, 5.74) is 2.28. The topological polar surface area (TPSA) is 62.5 Å². The number of hydrogen-bond donors (Lipinski definition) is 2. The molecule has 0 bridgehead atoms. The minimum absolute atomic E-state index is 0.0537. The number of aromatic hydroxyl groups is 1. The lowest BCUT2D eigenvalue weighted by molar-refractivity contribution is 0.102. The summed E-state index contributed by atoms with van der Waals surface area (Å²) in [5, 5.41) is 13.7. The smallest absolute Gasteiger partial charge is 0.255 e. The second-order valence-corrected chi connectivity index (χ2v) is 6.70. The van der Waals surface area contributed by atoms with Crippen LogP contribution in [0.25, 0.3) is 22.3 Å². The van der Waals surface area contributed by atoms with Gasteiger partial charge in [0.2, 0.25) is 0 Å². The number of hydrogen-bond acceptors (Lipinski definition) is 3. The van der Waals surface area contributed by atoms with Crippen LogP contribution in [0.5, 0.6) is 5.75 Å². The molecule has 0 radical (unpaired) electrons. The Morgan fingerprint density at radius 3 is 2.38 bits per heavy atom. The van der Waals surface area contributed by atoms with Crippen molar-refractivity contribution in [1.29, 1.82) is 0 Å². The van der Waals surface area contributed by atoms with Crippen molar-refractivity contribution in [3.63, 3.8) is 0 Å². The number of furan rings is 1. The number of benzene rings is 3. The van der Waals surface area contributed by atoms with E-state index in [1.807, 2.05) is 30.3 Å². The number of amides is 1. The molecule has 0 aliphatic rings. The fraction of sp³-hybridized carbons (Fsp3) is 0. The molecule has 2 N–H and O–H groups in total. The van der Waals surface area contributed by atoms with Crippen LogP contribution in [0, 0.1) is 0 Å². The third-order valence-corrected chi connectivity index (χ3v) is 4.60. The van der Waals surface area contributed by atoms with Crippen LogP contribution in [0.15, 0.2) is 81.7 Å². The number of phenolic OH excluding ortho intramolecular Hbond substituents is 1. The standard InChI is InChI=1S/C21H14BrNO3/c22-15-11-9-13(10-12-15)20-19(18-16(24)7-4-8-17(18)26-20)23-21(25)14-5-2-1-3-6-14/h1-12,24H,(H,23,25). The van der Waals surface area contributed by atoms with Crippen molar-refractivity contribution < 1.29 is 14.3 Å². The average molecular weight is 408 g/mol. The van der Waals surface area contributed by atoms with Crippen LogP contribution >= 0.6 is 15.9 Å². The van der Waals surface area contributed by atoms with E-state index in [1.165, 1.54) is 0 Å². The first kappa shape index (κ1) is 16.4. The van der Waals surface area contributed by atoms with Gasteiger partial charge in [-0.1, -0.05) is 52.3 Å². The van der Waals surface area contributed by atoms with E-state index < -0.39 is 0 Å². The van der Waals surface area contributed by atoms with Crippen molar-refractivity contribution in [3.05, 3.63) is 82.8 Å².